The molecule has 7 nitrogen and oxygen atoms in total. The maximum atomic E-state index is 13.0. The molecule has 1 aliphatic carbocycles. The molecule has 7 heteroatoms. The van der Waals surface area contributed by atoms with E-state index in [-0.39, 0.29) is 5.91 Å². The molecule has 0 spiro atoms. The van der Waals surface area contributed by atoms with E-state index in [1.807, 2.05) is 6.07 Å². The molecule has 0 radical (unpaired) electrons. The molecule has 1 aromatic carbocycles. The average molecular weight is 435 g/mol. The number of nitrogens with zero attached hydrogens (tertiary/aromatic N) is 3. The van der Waals surface area contributed by atoms with Crippen LogP contribution in [0.2, 0.25) is 0 Å². The lowest BCUT2D eigenvalue weighted by atomic mass is 9.82. The number of fused-ring (bicyclic) bond motifs is 1. The first-order valence-electron chi connectivity index (χ1n) is 11.6. The molecule has 1 N–H and O–H groups in total. The Morgan fingerprint density at radius 3 is 2.75 bits per heavy atom. The van der Waals surface area contributed by atoms with E-state index in [0.717, 1.165) is 35.9 Å². The first-order chi connectivity index (χ1) is 15.7. The summed E-state index contributed by atoms with van der Waals surface area (Å²) in [5, 5.41) is 3.04. The first-order valence-corrected chi connectivity index (χ1v) is 11.6. The number of benzene rings is 1. The van der Waals surface area contributed by atoms with Crippen LogP contribution in [0.1, 0.15) is 59.5 Å². The number of hydrogen-bond acceptors (Lipinski definition) is 6. The summed E-state index contributed by atoms with van der Waals surface area (Å²) in [6, 6.07) is 7.81. The van der Waals surface area contributed by atoms with Gasteiger partial charge in [0.05, 0.1) is 26.0 Å². The summed E-state index contributed by atoms with van der Waals surface area (Å²) in [5.74, 6) is 2.70. The number of morpholine rings is 1. The summed E-state index contributed by atoms with van der Waals surface area (Å²) < 4.78 is 11.0. The highest BCUT2D eigenvalue weighted by Gasteiger charge is 2.27. The van der Waals surface area contributed by atoms with Gasteiger partial charge in [-0.25, -0.2) is 9.98 Å². The summed E-state index contributed by atoms with van der Waals surface area (Å²) in [4.78, 5) is 24.5. The highest BCUT2D eigenvalue weighted by molar-refractivity contribution is 6.09. The number of anilines is 1. The molecular formula is C25H30N4O3. The van der Waals surface area contributed by atoms with Crippen molar-refractivity contribution in [3.8, 4) is 5.75 Å². The van der Waals surface area contributed by atoms with Crippen molar-refractivity contribution >= 4 is 23.2 Å². The minimum absolute atomic E-state index is 0.161. The van der Waals surface area contributed by atoms with Gasteiger partial charge < -0.3 is 19.7 Å². The summed E-state index contributed by atoms with van der Waals surface area (Å²) in [6.07, 6.45) is 8.53. The topological polar surface area (TPSA) is 76.0 Å². The zero-order chi connectivity index (χ0) is 21.9. The lowest BCUT2D eigenvalue weighted by molar-refractivity contribution is 0.0976. The monoisotopic (exact) mass is 434 g/mol. The van der Waals surface area contributed by atoms with E-state index in [1.165, 1.54) is 37.7 Å². The summed E-state index contributed by atoms with van der Waals surface area (Å²) in [6.45, 7) is 2.92. The Balaban J connectivity index is 1.35. The maximum Gasteiger partial charge on any atom is 0.256 e. The van der Waals surface area contributed by atoms with Crippen LogP contribution >= 0.6 is 0 Å². The number of pyridine rings is 1. The van der Waals surface area contributed by atoms with Crippen molar-refractivity contribution < 1.29 is 14.3 Å². The Labute approximate surface area is 188 Å². The van der Waals surface area contributed by atoms with Gasteiger partial charge in [0.15, 0.2) is 0 Å². The Kier molecular flexibility index (Phi) is 6.08. The van der Waals surface area contributed by atoms with Crippen molar-refractivity contribution in [3.05, 3.63) is 47.2 Å². The molecule has 168 valence electrons. The Hall–Kier alpha value is -2.93. The number of carbonyl (C=O) groups excluding carboxylic acids is 1. The van der Waals surface area contributed by atoms with Gasteiger partial charge in [-0.2, -0.15) is 0 Å². The number of nitrogens with one attached hydrogen (secondary N) is 1. The molecule has 1 amide bonds. The zero-order valence-electron chi connectivity index (χ0n) is 18.6. The van der Waals surface area contributed by atoms with Gasteiger partial charge in [-0.05, 0) is 42.5 Å². The number of carbonyl (C=O) groups is 1. The highest BCUT2D eigenvalue weighted by atomic mass is 16.5. The molecule has 5 rings (SSSR count). The maximum absolute atomic E-state index is 13.0. The summed E-state index contributed by atoms with van der Waals surface area (Å²) >= 11 is 0. The molecule has 0 unspecified atom stereocenters. The quantitative estimate of drug-likeness (QED) is 0.787. The molecule has 3 heterocycles. The molecule has 0 bridgehead atoms. The van der Waals surface area contributed by atoms with Crippen LogP contribution in [-0.4, -0.2) is 50.1 Å². The molecule has 1 aromatic heterocycles. The number of hydrogen-bond donors (Lipinski definition) is 1. The van der Waals surface area contributed by atoms with Gasteiger partial charge in [0.2, 0.25) is 0 Å². The number of amides is 1. The molecule has 2 fully saturated rings. The molecule has 0 atom stereocenters. The molecular weight excluding hydrogens is 404 g/mol. The SMILES string of the molecule is COc1ccc(C2CCCCC2)c2c1CC(NC(=O)c1ccnc(N3CCOCC3)c1)=N2. The fourth-order valence-electron chi connectivity index (χ4n) is 5.02. The predicted octanol–water partition coefficient (Wildman–Crippen LogP) is 3.99. The number of ether oxygens (including phenoxy) is 2. The van der Waals surface area contributed by atoms with Crippen molar-refractivity contribution in [3.63, 3.8) is 0 Å². The standard InChI is InChI=1S/C25H30N4O3/c1-31-21-8-7-19(17-5-3-2-4-6-17)24-20(21)16-22(27-24)28-25(30)18-9-10-26-23(15-18)29-11-13-32-14-12-29/h7-10,15,17H,2-6,11-14,16H2,1H3,(H,27,28,30). The normalized spacial score (nSPS) is 18.8. The number of methoxy groups -OCH3 is 1. The number of amidine groups is 1. The van der Waals surface area contributed by atoms with Crippen LogP contribution in [0.25, 0.3) is 0 Å². The third-order valence-electron chi connectivity index (χ3n) is 6.73. The van der Waals surface area contributed by atoms with E-state index in [9.17, 15) is 4.79 Å². The summed E-state index contributed by atoms with van der Waals surface area (Å²) in [5.41, 5.74) is 3.95. The molecule has 1 saturated heterocycles. The molecule has 2 aromatic rings. The Bertz CT molecular complexity index is 1020. The van der Waals surface area contributed by atoms with Crippen LogP contribution in [0.5, 0.6) is 5.75 Å². The van der Waals surface area contributed by atoms with Gasteiger partial charge in [0, 0.05) is 36.8 Å². The van der Waals surface area contributed by atoms with Crippen LogP contribution in [0, 0.1) is 0 Å². The van der Waals surface area contributed by atoms with E-state index in [4.69, 9.17) is 14.5 Å². The predicted molar refractivity (Wildman–Crippen MR) is 124 cm³/mol. The Morgan fingerprint density at radius 2 is 1.97 bits per heavy atom. The van der Waals surface area contributed by atoms with Crippen LogP contribution in [0.15, 0.2) is 35.5 Å². The number of aromatic nitrogens is 1. The van der Waals surface area contributed by atoms with Crippen LogP contribution in [0.4, 0.5) is 11.5 Å². The second-order valence-corrected chi connectivity index (χ2v) is 8.71. The third-order valence-corrected chi connectivity index (χ3v) is 6.73. The van der Waals surface area contributed by atoms with Gasteiger partial charge in [0.25, 0.3) is 5.91 Å². The summed E-state index contributed by atoms with van der Waals surface area (Å²) in [7, 11) is 1.69. The second-order valence-electron chi connectivity index (χ2n) is 8.71. The fourth-order valence-corrected chi connectivity index (χ4v) is 5.02. The van der Waals surface area contributed by atoms with Gasteiger partial charge in [-0.15, -0.1) is 0 Å². The minimum atomic E-state index is -0.161. The van der Waals surface area contributed by atoms with E-state index in [1.54, 1.807) is 19.4 Å². The third kappa shape index (κ3) is 4.21. The van der Waals surface area contributed by atoms with Gasteiger partial charge in [0.1, 0.15) is 17.4 Å². The molecule has 2 aliphatic heterocycles. The molecule has 1 saturated carbocycles. The van der Waals surface area contributed by atoms with Crippen LogP contribution in [-0.2, 0) is 11.2 Å². The smallest absolute Gasteiger partial charge is 0.256 e. The van der Waals surface area contributed by atoms with Crippen LogP contribution in [0.3, 0.4) is 0 Å². The van der Waals surface area contributed by atoms with E-state index >= 15 is 0 Å². The van der Waals surface area contributed by atoms with Gasteiger partial charge in [-0.1, -0.05) is 25.3 Å². The van der Waals surface area contributed by atoms with E-state index < -0.39 is 0 Å². The van der Waals surface area contributed by atoms with Crippen molar-refractivity contribution in [1.82, 2.24) is 10.3 Å². The molecule has 32 heavy (non-hydrogen) atoms. The fraction of sp³-hybridized carbons (Fsp3) is 0.480. The lowest BCUT2D eigenvalue weighted by Crippen LogP contribution is -2.37. The second kappa shape index (κ2) is 9.28. The van der Waals surface area contributed by atoms with E-state index in [2.05, 4.69) is 27.3 Å². The van der Waals surface area contributed by atoms with Crippen molar-refractivity contribution in [2.75, 3.05) is 38.3 Å². The van der Waals surface area contributed by atoms with Crippen molar-refractivity contribution in [2.45, 2.75) is 44.4 Å². The van der Waals surface area contributed by atoms with Crippen molar-refractivity contribution in [1.29, 1.82) is 0 Å². The first kappa shape index (κ1) is 20.9. The van der Waals surface area contributed by atoms with E-state index in [0.29, 0.717) is 37.0 Å². The number of aliphatic imine (C=N–C) groups is 1. The average Bonchev–Trinajstić information content (AvgIpc) is 3.28. The highest BCUT2D eigenvalue weighted by Crippen LogP contribution is 2.44. The minimum Gasteiger partial charge on any atom is -0.496 e. The van der Waals surface area contributed by atoms with Gasteiger partial charge >= 0.3 is 0 Å². The molecule has 3 aliphatic rings. The van der Waals surface area contributed by atoms with Gasteiger partial charge in [-0.3, -0.25) is 4.79 Å². The lowest BCUT2D eigenvalue weighted by Gasteiger charge is -2.27. The van der Waals surface area contributed by atoms with Crippen LogP contribution < -0.4 is 15.0 Å². The Morgan fingerprint density at radius 1 is 1.16 bits per heavy atom. The number of rotatable bonds is 4. The largest absolute Gasteiger partial charge is 0.496 e. The van der Waals surface area contributed by atoms with Crippen molar-refractivity contribution in [2.24, 2.45) is 4.99 Å². The zero-order valence-corrected chi connectivity index (χ0v) is 18.6.